The van der Waals surface area contributed by atoms with Crippen LogP contribution >= 0.6 is 15.9 Å². The quantitative estimate of drug-likeness (QED) is 0.753. The average Bonchev–Trinajstić information content (AvgIpc) is 2.70. The number of halogens is 2. The van der Waals surface area contributed by atoms with Gasteiger partial charge in [-0.15, -0.1) is 0 Å². The van der Waals surface area contributed by atoms with E-state index in [9.17, 15) is 9.18 Å². The van der Waals surface area contributed by atoms with Crippen molar-refractivity contribution in [3.8, 4) is 5.75 Å². The normalized spacial score (nSPS) is 16.0. The molecule has 1 heterocycles. The summed E-state index contributed by atoms with van der Waals surface area (Å²) in [7, 11) is 1.56. The molecule has 0 bridgehead atoms. The van der Waals surface area contributed by atoms with E-state index >= 15 is 0 Å². The minimum absolute atomic E-state index is 0.0529. The van der Waals surface area contributed by atoms with Crippen LogP contribution in [-0.4, -0.2) is 50.8 Å². The summed E-state index contributed by atoms with van der Waals surface area (Å²) in [6.45, 7) is 3.23. The van der Waals surface area contributed by atoms with Crippen molar-refractivity contribution in [2.45, 2.75) is 6.04 Å². The van der Waals surface area contributed by atoms with Crippen LogP contribution in [0.4, 0.5) is 4.39 Å². The van der Waals surface area contributed by atoms with Crippen LogP contribution < -0.4 is 10.1 Å². The summed E-state index contributed by atoms with van der Waals surface area (Å²) in [6.07, 6.45) is 0. The van der Waals surface area contributed by atoms with Crippen LogP contribution in [0.25, 0.3) is 0 Å². The summed E-state index contributed by atoms with van der Waals surface area (Å²) >= 11 is 3.41. The molecule has 1 aliphatic rings. The molecule has 1 amide bonds. The molecule has 0 unspecified atom stereocenters. The molecule has 1 fully saturated rings. The van der Waals surface area contributed by atoms with Gasteiger partial charge in [-0.2, -0.15) is 0 Å². The number of ether oxygens (including phenoxy) is 2. The fourth-order valence-corrected chi connectivity index (χ4v) is 3.55. The Kier molecular flexibility index (Phi) is 6.82. The highest BCUT2D eigenvalue weighted by molar-refractivity contribution is 9.10. The minimum Gasteiger partial charge on any atom is -0.497 e. The van der Waals surface area contributed by atoms with E-state index in [1.165, 1.54) is 12.1 Å². The van der Waals surface area contributed by atoms with Gasteiger partial charge in [-0.1, -0.05) is 12.1 Å². The van der Waals surface area contributed by atoms with Gasteiger partial charge in [0.1, 0.15) is 11.6 Å². The molecule has 0 aliphatic carbocycles. The SMILES string of the molecule is COc1ccc(Br)c(C(=O)NC[C@@H](c2ccc(F)cc2)N2CCOCC2)c1. The van der Waals surface area contributed by atoms with Crippen molar-refractivity contribution in [1.82, 2.24) is 10.2 Å². The number of carbonyl (C=O) groups excluding carboxylic acids is 1. The maximum atomic E-state index is 13.3. The van der Waals surface area contributed by atoms with Crippen molar-refractivity contribution in [3.05, 3.63) is 63.9 Å². The van der Waals surface area contributed by atoms with Gasteiger partial charge in [0, 0.05) is 24.1 Å². The van der Waals surface area contributed by atoms with E-state index < -0.39 is 0 Å². The molecule has 0 saturated carbocycles. The number of hydrogen-bond donors (Lipinski definition) is 1. The van der Waals surface area contributed by atoms with Gasteiger partial charge in [0.25, 0.3) is 5.91 Å². The molecule has 0 spiro atoms. The Balaban J connectivity index is 1.76. The second-order valence-corrected chi connectivity index (χ2v) is 7.13. The number of nitrogens with one attached hydrogen (secondary N) is 1. The lowest BCUT2D eigenvalue weighted by Gasteiger charge is -2.35. The zero-order chi connectivity index (χ0) is 19.2. The summed E-state index contributed by atoms with van der Waals surface area (Å²) < 4.78 is 24.7. The topological polar surface area (TPSA) is 50.8 Å². The van der Waals surface area contributed by atoms with Gasteiger partial charge >= 0.3 is 0 Å². The summed E-state index contributed by atoms with van der Waals surface area (Å²) in [5.74, 6) is 0.150. The highest BCUT2D eigenvalue weighted by Gasteiger charge is 2.24. The highest BCUT2D eigenvalue weighted by Crippen LogP contribution is 2.24. The molecule has 1 saturated heterocycles. The molecule has 2 aromatic rings. The number of rotatable bonds is 6. The average molecular weight is 437 g/mol. The lowest BCUT2D eigenvalue weighted by atomic mass is 10.0. The van der Waals surface area contributed by atoms with E-state index in [1.807, 2.05) is 0 Å². The van der Waals surface area contributed by atoms with Crippen molar-refractivity contribution >= 4 is 21.8 Å². The van der Waals surface area contributed by atoms with Crippen LogP contribution in [0.15, 0.2) is 46.9 Å². The van der Waals surface area contributed by atoms with Gasteiger partial charge in [-0.3, -0.25) is 9.69 Å². The molecule has 1 atom stereocenters. The van der Waals surface area contributed by atoms with E-state index in [1.54, 1.807) is 37.4 Å². The maximum Gasteiger partial charge on any atom is 0.252 e. The standard InChI is InChI=1S/C20H22BrFN2O3/c1-26-16-6-7-18(21)17(12-16)20(25)23-13-19(24-8-10-27-11-9-24)14-2-4-15(22)5-3-14/h2-7,12,19H,8-11,13H2,1H3,(H,23,25)/t19-/m0/s1. The Bertz CT molecular complexity index is 779. The lowest BCUT2D eigenvalue weighted by molar-refractivity contribution is 0.0162. The zero-order valence-electron chi connectivity index (χ0n) is 15.1. The Morgan fingerprint density at radius 3 is 2.63 bits per heavy atom. The molecule has 144 valence electrons. The molecule has 5 nitrogen and oxygen atoms in total. The minimum atomic E-state index is -0.274. The number of benzene rings is 2. The molecule has 27 heavy (non-hydrogen) atoms. The Morgan fingerprint density at radius 1 is 1.26 bits per heavy atom. The summed E-state index contributed by atoms with van der Waals surface area (Å²) in [5, 5.41) is 3.00. The molecule has 7 heteroatoms. The van der Waals surface area contributed by atoms with E-state index in [-0.39, 0.29) is 17.8 Å². The number of morpholine rings is 1. The summed E-state index contributed by atoms with van der Waals surface area (Å²) in [4.78, 5) is 15.0. The molecule has 0 radical (unpaired) electrons. The van der Waals surface area contributed by atoms with Crippen LogP contribution in [0.3, 0.4) is 0 Å². The molecule has 0 aromatic heterocycles. The molecular weight excluding hydrogens is 415 g/mol. The van der Waals surface area contributed by atoms with Crippen molar-refractivity contribution in [2.24, 2.45) is 0 Å². The van der Waals surface area contributed by atoms with E-state index in [0.29, 0.717) is 35.5 Å². The van der Waals surface area contributed by atoms with Crippen LogP contribution in [0.1, 0.15) is 22.0 Å². The Hall–Kier alpha value is -1.96. The third kappa shape index (κ3) is 5.06. The van der Waals surface area contributed by atoms with Crippen molar-refractivity contribution in [1.29, 1.82) is 0 Å². The number of nitrogens with zero attached hydrogens (tertiary/aromatic N) is 1. The zero-order valence-corrected chi connectivity index (χ0v) is 16.7. The smallest absolute Gasteiger partial charge is 0.252 e. The number of amides is 1. The second kappa shape index (κ2) is 9.30. The molecular formula is C20H22BrFN2O3. The van der Waals surface area contributed by atoms with Gasteiger partial charge in [0.15, 0.2) is 0 Å². The number of methoxy groups -OCH3 is 1. The van der Waals surface area contributed by atoms with E-state index in [2.05, 4.69) is 26.1 Å². The molecule has 1 aliphatic heterocycles. The number of carbonyl (C=O) groups is 1. The fraction of sp³-hybridized carbons (Fsp3) is 0.350. The first-order valence-corrected chi connectivity index (χ1v) is 9.57. The highest BCUT2D eigenvalue weighted by atomic mass is 79.9. The molecule has 3 rings (SSSR count). The van der Waals surface area contributed by atoms with Crippen LogP contribution in [0.2, 0.25) is 0 Å². The van der Waals surface area contributed by atoms with Crippen LogP contribution in [0, 0.1) is 5.82 Å². The van der Waals surface area contributed by atoms with Crippen molar-refractivity contribution in [2.75, 3.05) is 40.0 Å². The Labute approximate surface area is 166 Å². The van der Waals surface area contributed by atoms with Crippen molar-refractivity contribution in [3.63, 3.8) is 0 Å². The van der Waals surface area contributed by atoms with Crippen LogP contribution in [0.5, 0.6) is 5.75 Å². The predicted molar refractivity (Wildman–Crippen MR) is 105 cm³/mol. The first-order valence-electron chi connectivity index (χ1n) is 8.77. The Morgan fingerprint density at radius 2 is 1.96 bits per heavy atom. The molecule has 1 N–H and O–H groups in total. The van der Waals surface area contributed by atoms with Crippen LogP contribution in [-0.2, 0) is 4.74 Å². The van der Waals surface area contributed by atoms with Gasteiger partial charge < -0.3 is 14.8 Å². The first-order chi connectivity index (χ1) is 13.1. The van der Waals surface area contributed by atoms with Crippen molar-refractivity contribution < 1.29 is 18.7 Å². The third-order valence-corrected chi connectivity index (χ3v) is 5.31. The van der Waals surface area contributed by atoms with E-state index in [0.717, 1.165) is 18.7 Å². The summed E-state index contributed by atoms with van der Waals surface area (Å²) in [5.41, 5.74) is 1.47. The summed E-state index contributed by atoms with van der Waals surface area (Å²) in [6, 6.07) is 11.6. The van der Waals surface area contributed by atoms with Gasteiger partial charge in [-0.25, -0.2) is 4.39 Å². The third-order valence-electron chi connectivity index (χ3n) is 4.62. The van der Waals surface area contributed by atoms with Gasteiger partial charge in [0.2, 0.25) is 0 Å². The monoisotopic (exact) mass is 436 g/mol. The predicted octanol–water partition coefficient (Wildman–Crippen LogP) is 3.40. The maximum absolute atomic E-state index is 13.3. The van der Waals surface area contributed by atoms with Gasteiger partial charge in [-0.05, 0) is 51.8 Å². The second-order valence-electron chi connectivity index (χ2n) is 6.27. The largest absolute Gasteiger partial charge is 0.497 e. The number of hydrogen-bond acceptors (Lipinski definition) is 4. The van der Waals surface area contributed by atoms with E-state index in [4.69, 9.17) is 9.47 Å². The fourth-order valence-electron chi connectivity index (χ4n) is 3.12. The first kappa shape index (κ1) is 19.8. The lowest BCUT2D eigenvalue weighted by Crippen LogP contribution is -2.43. The van der Waals surface area contributed by atoms with Gasteiger partial charge in [0.05, 0.1) is 31.9 Å². The molecule has 2 aromatic carbocycles.